The Labute approximate surface area is 158 Å². The van der Waals surface area contributed by atoms with Crippen LogP contribution in [0.4, 0.5) is 5.69 Å². The lowest BCUT2D eigenvalue weighted by Crippen LogP contribution is -2.17. The normalized spacial score (nSPS) is 13.6. The molecule has 5 heteroatoms. The van der Waals surface area contributed by atoms with E-state index < -0.39 is 5.97 Å². The zero-order valence-corrected chi connectivity index (χ0v) is 15.5. The Bertz CT molecular complexity index is 914. The summed E-state index contributed by atoms with van der Waals surface area (Å²) in [5.41, 5.74) is 4.42. The van der Waals surface area contributed by atoms with E-state index >= 15 is 0 Å². The molecule has 0 radical (unpaired) electrons. The van der Waals surface area contributed by atoms with Gasteiger partial charge in [0.1, 0.15) is 5.75 Å². The summed E-state index contributed by atoms with van der Waals surface area (Å²) < 4.78 is 5.29. The van der Waals surface area contributed by atoms with Gasteiger partial charge >= 0.3 is 5.97 Å². The van der Waals surface area contributed by atoms with Gasteiger partial charge in [-0.25, -0.2) is 4.79 Å². The minimum Gasteiger partial charge on any atom is -0.497 e. The molecule has 0 aliphatic heterocycles. The Morgan fingerprint density at radius 3 is 2.52 bits per heavy atom. The van der Waals surface area contributed by atoms with Crippen molar-refractivity contribution in [3.05, 3.63) is 59.2 Å². The van der Waals surface area contributed by atoms with Gasteiger partial charge in [-0.2, -0.15) is 0 Å². The van der Waals surface area contributed by atoms with Crippen molar-refractivity contribution in [3.63, 3.8) is 0 Å². The first-order valence-corrected chi connectivity index (χ1v) is 9.07. The van der Waals surface area contributed by atoms with Crippen molar-refractivity contribution in [1.82, 2.24) is 0 Å². The Morgan fingerprint density at radius 1 is 1.07 bits per heavy atom. The standard InChI is InChI=1S/C22H23NO4/c1-3-14-12-16(15-6-4-7-17(13-15)27-2)10-11-20(14)23-21(24)18-8-5-9-19(18)22(25)26/h4,6-7,10-13H,3,5,8-9H2,1-2H3,(H,23,24)(H,25,26). The maximum atomic E-state index is 12.6. The number of aryl methyl sites for hydroxylation is 1. The molecule has 1 amide bonds. The molecule has 1 aliphatic rings. The first-order chi connectivity index (χ1) is 13.0. The second-order valence-electron chi connectivity index (χ2n) is 6.53. The zero-order valence-electron chi connectivity index (χ0n) is 15.5. The van der Waals surface area contributed by atoms with Crippen LogP contribution in [0.1, 0.15) is 31.7 Å². The van der Waals surface area contributed by atoms with Gasteiger partial charge in [0.05, 0.1) is 7.11 Å². The molecular weight excluding hydrogens is 342 g/mol. The molecule has 0 bridgehead atoms. The van der Waals surface area contributed by atoms with Crippen molar-refractivity contribution in [1.29, 1.82) is 0 Å². The summed E-state index contributed by atoms with van der Waals surface area (Å²) in [5, 5.41) is 12.2. The predicted molar refractivity (Wildman–Crippen MR) is 105 cm³/mol. The highest BCUT2D eigenvalue weighted by Crippen LogP contribution is 2.30. The number of nitrogens with one attached hydrogen (secondary N) is 1. The summed E-state index contributed by atoms with van der Waals surface area (Å²) in [6.45, 7) is 2.03. The van der Waals surface area contributed by atoms with E-state index in [1.54, 1.807) is 7.11 Å². The highest BCUT2D eigenvalue weighted by Gasteiger charge is 2.25. The highest BCUT2D eigenvalue weighted by atomic mass is 16.5. The van der Waals surface area contributed by atoms with E-state index in [4.69, 9.17) is 4.74 Å². The number of carbonyl (C=O) groups is 2. The number of rotatable bonds is 6. The second kappa shape index (κ2) is 8.08. The number of anilines is 1. The van der Waals surface area contributed by atoms with Gasteiger partial charge in [-0.15, -0.1) is 0 Å². The molecule has 2 N–H and O–H groups in total. The Morgan fingerprint density at radius 2 is 1.81 bits per heavy atom. The number of methoxy groups -OCH3 is 1. The Hall–Kier alpha value is -3.08. The van der Waals surface area contributed by atoms with Crippen LogP contribution in [0.5, 0.6) is 5.75 Å². The third-order valence-electron chi connectivity index (χ3n) is 4.89. The lowest BCUT2D eigenvalue weighted by atomic mass is 10.00. The van der Waals surface area contributed by atoms with E-state index in [9.17, 15) is 14.7 Å². The quantitative estimate of drug-likeness (QED) is 0.794. The summed E-state index contributed by atoms with van der Waals surface area (Å²) in [7, 11) is 1.64. The Balaban J connectivity index is 1.88. The van der Waals surface area contributed by atoms with Crippen LogP contribution < -0.4 is 10.1 Å². The Kier molecular flexibility index (Phi) is 5.60. The van der Waals surface area contributed by atoms with Gasteiger partial charge in [0.15, 0.2) is 0 Å². The van der Waals surface area contributed by atoms with Crippen LogP contribution in [0.25, 0.3) is 11.1 Å². The van der Waals surface area contributed by atoms with Crippen LogP contribution >= 0.6 is 0 Å². The van der Waals surface area contributed by atoms with E-state index in [0.29, 0.717) is 24.8 Å². The van der Waals surface area contributed by atoms with Crippen LogP contribution in [0, 0.1) is 0 Å². The summed E-state index contributed by atoms with van der Waals surface area (Å²) in [5.74, 6) is -0.521. The molecule has 0 saturated carbocycles. The summed E-state index contributed by atoms with van der Waals surface area (Å²) in [6.07, 6.45) is 2.42. The number of hydrogen-bond acceptors (Lipinski definition) is 3. The van der Waals surface area contributed by atoms with Gasteiger partial charge in [0.2, 0.25) is 0 Å². The van der Waals surface area contributed by atoms with E-state index in [1.807, 2.05) is 49.4 Å². The molecule has 3 rings (SSSR count). The minimum absolute atomic E-state index is 0.235. The lowest BCUT2D eigenvalue weighted by molar-refractivity contribution is -0.133. The molecule has 5 nitrogen and oxygen atoms in total. The van der Waals surface area contributed by atoms with Crippen molar-refractivity contribution in [2.45, 2.75) is 32.6 Å². The van der Waals surface area contributed by atoms with E-state index in [2.05, 4.69) is 5.32 Å². The molecule has 2 aromatic carbocycles. The van der Waals surface area contributed by atoms with Crippen LogP contribution in [-0.2, 0) is 16.0 Å². The van der Waals surface area contributed by atoms with Gasteiger partial charge < -0.3 is 15.2 Å². The molecule has 0 unspecified atom stereocenters. The van der Waals surface area contributed by atoms with Crippen molar-refractivity contribution >= 4 is 17.6 Å². The predicted octanol–water partition coefficient (Wildman–Crippen LogP) is 4.43. The maximum Gasteiger partial charge on any atom is 0.332 e. The van der Waals surface area contributed by atoms with E-state index in [-0.39, 0.29) is 11.5 Å². The van der Waals surface area contributed by atoms with Gasteiger partial charge in [-0.05, 0) is 66.6 Å². The van der Waals surface area contributed by atoms with Crippen LogP contribution in [-0.4, -0.2) is 24.1 Å². The molecule has 0 atom stereocenters. The van der Waals surface area contributed by atoms with Gasteiger partial charge in [-0.3, -0.25) is 4.79 Å². The number of aliphatic carboxylic acids is 1. The monoisotopic (exact) mass is 365 g/mol. The van der Waals surface area contributed by atoms with Crippen molar-refractivity contribution in [3.8, 4) is 16.9 Å². The number of ether oxygens (including phenoxy) is 1. The molecular formula is C22H23NO4. The zero-order chi connectivity index (χ0) is 19.4. The van der Waals surface area contributed by atoms with Crippen LogP contribution in [0.2, 0.25) is 0 Å². The maximum absolute atomic E-state index is 12.6. The number of carboxylic acids is 1. The fraction of sp³-hybridized carbons (Fsp3) is 0.273. The van der Waals surface area contributed by atoms with E-state index in [0.717, 1.165) is 34.5 Å². The van der Waals surface area contributed by atoms with Crippen molar-refractivity contribution in [2.24, 2.45) is 0 Å². The third kappa shape index (κ3) is 4.03. The SMILES string of the molecule is CCc1cc(-c2cccc(OC)c2)ccc1NC(=O)C1=C(C(=O)O)CCC1. The average Bonchev–Trinajstić information content (AvgIpc) is 3.18. The minimum atomic E-state index is -0.998. The summed E-state index contributed by atoms with van der Waals surface area (Å²) in [4.78, 5) is 23.9. The van der Waals surface area contributed by atoms with Crippen molar-refractivity contribution in [2.75, 3.05) is 12.4 Å². The average molecular weight is 365 g/mol. The molecule has 2 aromatic rings. The molecule has 0 saturated heterocycles. The number of amides is 1. The fourth-order valence-corrected chi connectivity index (χ4v) is 3.42. The molecule has 0 spiro atoms. The lowest BCUT2D eigenvalue weighted by Gasteiger charge is -2.13. The smallest absolute Gasteiger partial charge is 0.332 e. The molecule has 0 fully saturated rings. The second-order valence-corrected chi connectivity index (χ2v) is 6.53. The summed E-state index contributed by atoms with van der Waals surface area (Å²) in [6, 6.07) is 13.7. The van der Waals surface area contributed by atoms with Crippen LogP contribution in [0.3, 0.4) is 0 Å². The van der Waals surface area contributed by atoms with Crippen molar-refractivity contribution < 1.29 is 19.4 Å². The first-order valence-electron chi connectivity index (χ1n) is 9.07. The van der Waals surface area contributed by atoms with Gasteiger partial charge in [0.25, 0.3) is 5.91 Å². The number of hydrogen-bond donors (Lipinski definition) is 2. The molecule has 0 heterocycles. The molecule has 140 valence electrons. The van der Waals surface area contributed by atoms with Gasteiger partial charge in [-0.1, -0.05) is 25.1 Å². The van der Waals surface area contributed by atoms with E-state index in [1.165, 1.54) is 0 Å². The molecule has 27 heavy (non-hydrogen) atoms. The highest BCUT2D eigenvalue weighted by molar-refractivity contribution is 6.09. The topological polar surface area (TPSA) is 75.6 Å². The third-order valence-corrected chi connectivity index (χ3v) is 4.89. The number of carboxylic acid groups (broad SMARTS) is 1. The molecule has 0 aromatic heterocycles. The fourth-order valence-electron chi connectivity index (χ4n) is 3.42. The first kappa shape index (κ1) is 18.7. The number of carbonyl (C=O) groups excluding carboxylic acids is 1. The van der Waals surface area contributed by atoms with Gasteiger partial charge in [0, 0.05) is 16.8 Å². The summed E-state index contributed by atoms with van der Waals surface area (Å²) >= 11 is 0. The molecule has 1 aliphatic carbocycles. The van der Waals surface area contributed by atoms with Crippen LogP contribution in [0.15, 0.2) is 53.6 Å². The largest absolute Gasteiger partial charge is 0.497 e. The number of benzene rings is 2.